The Hall–Kier alpha value is -3.79. The van der Waals surface area contributed by atoms with Crippen molar-refractivity contribution < 1.29 is 75.8 Å². The van der Waals surface area contributed by atoms with Gasteiger partial charge in [0.1, 0.15) is 25.4 Å². The Morgan fingerprint density at radius 3 is 0.789 bits per heavy atom. The van der Waals surface area contributed by atoms with E-state index < -0.39 is 91.5 Å². The zero-order valence-electron chi connectivity index (χ0n) is 69.5. The van der Waals surface area contributed by atoms with Gasteiger partial charge in [-0.25, -0.2) is 9.13 Å². The molecule has 0 bridgehead atoms. The zero-order valence-corrected chi connectivity index (χ0v) is 71.3. The molecule has 16 nitrogen and oxygen atoms in total. The molecule has 0 heterocycles. The second kappa shape index (κ2) is 83.6. The summed E-state index contributed by atoms with van der Waals surface area (Å²) in [5, 5.41) is 20.7. The molecule has 4 N–H and O–H groups in total. The standard InChI is InChI=1S/C91H162O16P2/c1-4-7-10-13-16-19-22-24-26-28-30-32-34-36-38-39-40-41-42-43-44-45-47-49-50-52-54-56-58-60-63-65-68-71-74-77-89(94)101-80-86(92)81-103-108(97,98)104-82-87(93)83-105-109(99,100)106-85-88(107-91(96)79-76-73-70-67-62-21-18-15-12-9-6-3)84-102-90(95)78-75-72-69-66-64-61-59-57-55-53-51-48-46-37-35-33-31-29-27-25-23-20-17-14-11-8-5-2/h7,10,16-17,19-20,24-27,30-33,36-38,46,86-88,92-93H,4-6,8-9,11-15,18,21-23,28-29,34-35,39-45,47-85H2,1-3H3,(H,97,98)(H,99,100)/b10-7-,19-16-,20-17-,26-24-,27-25-,32-30-,33-31-,38-36-,46-37-. The average molecular weight is 1570 g/mol. The molecule has 5 unspecified atom stereocenters. The van der Waals surface area contributed by atoms with Crippen molar-refractivity contribution in [3.05, 3.63) is 109 Å². The van der Waals surface area contributed by atoms with Gasteiger partial charge in [-0.15, -0.1) is 0 Å². The van der Waals surface area contributed by atoms with Gasteiger partial charge in [-0.2, -0.15) is 0 Å². The Morgan fingerprint density at radius 2 is 0.486 bits per heavy atom. The molecule has 0 amide bonds. The van der Waals surface area contributed by atoms with Crippen molar-refractivity contribution in [1.29, 1.82) is 0 Å². The zero-order chi connectivity index (χ0) is 79.4. The van der Waals surface area contributed by atoms with E-state index in [2.05, 4.69) is 130 Å². The van der Waals surface area contributed by atoms with Crippen LogP contribution in [0.5, 0.6) is 0 Å². The van der Waals surface area contributed by atoms with Gasteiger partial charge in [0.25, 0.3) is 0 Å². The van der Waals surface area contributed by atoms with E-state index in [9.17, 15) is 43.5 Å². The lowest BCUT2D eigenvalue weighted by molar-refractivity contribution is -0.161. The van der Waals surface area contributed by atoms with Crippen LogP contribution in [0, 0.1) is 0 Å². The summed E-state index contributed by atoms with van der Waals surface area (Å²) in [6.45, 7) is 2.59. The maximum Gasteiger partial charge on any atom is 0.472 e. The Balaban J connectivity index is 4.32. The third-order valence-corrected chi connectivity index (χ3v) is 20.9. The first-order valence-corrected chi connectivity index (χ1v) is 47.2. The van der Waals surface area contributed by atoms with Crippen molar-refractivity contribution in [2.45, 2.75) is 411 Å². The molecule has 5 atom stereocenters. The lowest BCUT2D eigenvalue weighted by Gasteiger charge is -2.21. The van der Waals surface area contributed by atoms with Gasteiger partial charge in [0.15, 0.2) is 6.10 Å². The van der Waals surface area contributed by atoms with E-state index in [1.54, 1.807) is 0 Å². The first-order chi connectivity index (χ1) is 53.2. The van der Waals surface area contributed by atoms with Crippen molar-refractivity contribution >= 4 is 33.6 Å². The van der Waals surface area contributed by atoms with Crippen LogP contribution in [0.3, 0.4) is 0 Å². The van der Waals surface area contributed by atoms with Crippen LogP contribution in [0.4, 0.5) is 0 Å². The predicted molar refractivity (Wildman–Crippen MR) is 454 cm³/mol. The van der Waals surface area contributed by atoms with Crippen molar-refractivity contribution in [3.8, 4) is 0 Å². The van der Waals surface area contributed by atoms with Gasteiger partial charge in [0.05, 0.1) is 26.4 Å². The summed E-state index contributed by atoms with van der Waals surface area (Å²) < 4.78 is 61.2. The minimum atomic E-state index is -4.93. The molecule has 0 rings (SSSR count). The molecule has 632 valence electrons. The number of aliphatic hydroxyl groups excluding tert-OH is 2. The summed E-state index contributed by atoms with van der Waals surface area (Å²) in [5.41, 5.74) is 0. The highest BCUT2D eigenvalue weighted by molar-refractivity contribution is 7.47. The molecule has 0 aromatic heterocycles. The number of carbonyl (C=O) groups excluding carboxylic acids is 3. The fraction of sp³-hybridized carbons (Fsp3) is 0.769. The van der Waals surface area contributed by atoms with Gasteiger partial charge < -0.3 is 34.2 Å². The van der Waals surface area contributed by atoms with Crippen LogP contribution in [0.1, 0.15) is 393 Å². The van der Waals surface area contributed by atoms with Crippen LogP contribution < -0.4 is 0 Å². The summed E-state index contributed by atoms with van der Waals surface area (Å²) in [4.78, 5) is 58.7. The Labute approximate surface area is 666 Å². The maximum atomic E-state index is 12.9. The number of rotatable bonds is 84. The van der Waals surface area contributed by atoms with Crippen molar-refractivity contribution in [2.75, 3.05) is 39.6 Å². The molecule has 0 aromatic carbocycles. The van der Waals surface area contributed by atoms with Gasteiger partial charge in [-0.05, 0) is 109 Å². The van der Waals surface area contributed by atoms with E-state index in [4.69, 9.17) is 32.3 Å². The minimum Gasteiger partial charge on any atom is -0.463 e. The lowest BCUT2D eigenvalue weighted by Crippen LogP contribution is -2.30. The highest BCUT2D eigenvalue weighted by Crippen LogP contribution is 2.45. The van der Waals surface area contributed by atoms with Gasteiger partial charge in [0.2, 0.25) is 0 Å². The molecule has 0 aliphatic rings. The number of ether oxygens (including phenoxy) is 3. The van der Waals surface area contributed by atoms with Gasteiger partial charge in [-0.1, -0.05) is 374 Å². The van der Waals surface area contributed by atoms with E-state index in [1.165, 1.54) is 205 Å². The smallest absolute Gasteiger partial charge is 0.463 e. The Morgan fingerprint density at radius 1 is 0.266 bits per heavy atom. The van der Waals surface area contributed by atoms with E-state index in [0.29, 0.717) is 19.3 Å². The number of unbranched alkanes of at least 4 members (excludes halogenated alkanes) is 43. The first kappa shape index (κ1) is 105. The Kier molecular flexibility index (Phi) is 80.7. The number of hydrogen-bond acceptors (Lipinski definition) is 14. The number of hydrogen-bond donors (Lipinski definition) is 4. The van der Waals surface area contributed by atoms with E-state index in [0.717, 1.165) is 128 Å². The summed E-state index contributed by atoms with van der Waals surface area (Å²) in [6.07, 6.45) is 100. The molecular weight excluding hydrogens is 1410 g/mol. The van der Waals surface area contributed by atoms with E-state index >= 15 is 0 Å². The second-order valence-electron chi connectivity index (χ2n) is 29.7. The minimum absolute atomic E-state index is 0.108. The van der Waals surface area contributed by atoms with Gasteiger partial charge in [-0.3, -0.25) is 32.5 Å². The Bertz CT molecular complexity index is 2420. The average Bonchev–Trinajstić information content (AvgIpc) is 0.903. The van der Waals surface area contributed by atoms with Gasteiger partial charge in [0, 0.05) is 19.3 Å². The summed E-state index contributed by atoms with van der Waals surface area (Å²) in [5.74, 6) is -1.56. The van der Waals surface area contributed by atoms with E-state index in [1.807, 2.05) is 0 Å². The van der Waals surface area contributed by atoms with Crippen LogP contribution in [0.2, 0.25) is 0 Å². The maximum absolute atomic E-state index is 12.9. The highest BCUT2D eigenvalue weighted by Gasteiger charge is 2.29. The first-order valence-electron chi connectivity index (χ1n) is 44.2. The van der Waals surface area contributed by atoms with Crippen molar-refractivity contribution in [1.82, 2.24) is 0 Å². The van der Waals surface area contributed by atoms with Crippen LogP contribution in [-0.4, -0.2) is 95.9 Å². The molecule has 0 saturated heterocycles. The lowest BCUT2D eigenvalue weighted by atomic mass is 10.0. The van der Waals surface area contributed by atoms with Crippen LogP contribution in [-0.2, 0) is 55.8 Å². The van der Waals surface area contributed by atoms with Crippen molar-refractivity contribution in [3.63, 3.8) is 0 Å². The predicted octanol–water partition coefficient (Wildman–Crippen LogP) is 26.7. The quantitative estimate of drug-likeness (QED) is 0.0146. The number of allylic oxidation sites excluding steroid dienone is 18. The number of phosphoric acid groups is 2. The molecule has 109 heavy (non-hydrogen) atoms. The third kappa shape index (κ3) is 84.9. The molecule has 0 aromatic rings. The SMILES string of the molecule is CC/C=C\C/C=C\C/C=C\C/C=C\C/C=C\CCCCCCCCCCCCCCCCCCCCCC(=O)OCC(O)COP(=O)(O)OCC(O)COP(=O)(O)OCC(COC(=O)CCCCCCCCCCCCC/C=C\C/C=C\C/C=C\C/C=C\CCCCC)OC(=O)CCCCCCCCCCCCC. The van der Waals surface area contributed by atoms with Gasteiger partial charge >= 0.3 is 33.6 Å². The molecule has 0 aliphatic heterocycles. The molecule has 18 heteroatoms. The van der Waals surface area contributed by atoms with Crippen LogP contribution >= 0.6 is 15.6 Å². The fourth-order valence-electron chi connectivity index (χ4n) is 12.3. The molecular formula is C91H162O16P2. The molecule has 0 spiro atoms. The summed E-state index contributed by atoms with van der Waals surface area (Å²) in [7, 11) is -9.78. The third-order valence-electron chi connectivity index (χ3n) is 19.0. The molecule has 0 saturated carbocycles. The molecule has 0 radical (unpaired) electrons. The van der Waals surface area contributed by atoms with Crippen LogP contribution in [0.15, 0.2) is 109 Å². The number of aliphatic hydroxyl groups is 2. The molecule has 0 fully saturated rings. The van der Waals surface area contributed by atoms with Crippen LogP contribution in [0.25, 0.3) is 0 Å². The second-order valence-corrected chi connectivity index (χ2v) is 32.6. The number of phosphoric ester groups is 2. The number of esters is 3. The highest BCUT2D eigenvalue weighted by atomic mass is 31.2. The van der Waals surface area contributed by atoms with E-state index in [-0.39, 0.29) is 19.3 Å². The van der Waals surface area contributed by atoms with Crippen molar-refractivity contribution in [2.24, 2.45) is 0 Å². The number of carbonyl (C=O) groups is 3. The summed E-state index contributed by atoms with van der Waals surface area (Å²) >= 11 is 0. The normalized spacial score (nSPS) is 14.4. The topological polar surface area (TPSA) is 231 Å². The monoisotopic (exact) mass is 1570 g/mol. The molecule has 0 aliphatic carbocycles. The largest absolute Gasteiger partial charge is 0.472 e. The summed E-state index contributed by atoms with van der Waals surface area (Å²) in [6, 6.07) is 0. The fourth-order valence-corrected chi connectivity index (χ4v) is 13.9.